The van der Waals surface area contributed by atoms with E-state index in [-0.39, 0.29) is 17.1 Å². The maximum absolute atomic E-state index is 12.9. The smallest absolute Gasteiger partial charge is 0.339 e. The molecule has 7 nitrogen and oxygen atoms in total. The molecule has 0 aromatic heterocycles. The predicted molar refractivity (Wildman–Crippen MR) is 163 cm³/mol. The molecule has 4 aromatic carbocycles. The number of Topliss-reactive ketones (excluding diaryl/α,β-unsaturated/α-hetero) is 1. The molecule has 2 N–H and O–H groups in total. The number of rotatable bonds is 7. The van der Waals surface area contributed by atoms with Crippen molar-refractivity contribution in [3.63, 3.8) is 0 Å². The van der Waals surface area contributed by atoms with Crippen LogP contribution in [-0.2, 0) is 6.54 Å². The summed E-state index contributed by atoms with van der Waals surface area (Å²) in [5.74, 6) is 0.700. The lowest BCUT2D eigenvalue weighted by atomic mass is 9.89. The third-order valence-corrected chi connectivity index (χ3v) is 8.02. The molecule has 0 unspecified atom stereocenters. The largest absolute Gasteiger partial charge is 0.506 e. The molecule has 1 saturated heterocycles. The van der Waals surface area contributed by atoms with Crippen LogP contribution >= 0.6 is 0 Å². The predicted octanol–water partition coefficient (Wildman–Crippen LogP) is 6.83. The summed E-state index contributed by atoms with van der Waals surface area (Å²) in [6.45, 7) is 3.20. The van der Waals surface area contributed by atoms with Gasteiger partial charge in [-0.05, 0) is 79.1 Å². The summed E-state index contributed by atoms with van der Waals surface area (Å²) in [7, 11) is 3.22. The van der Waals surface area contributed by atoms with Gasteiger partial charge in [-0.3, -0.25) is 9.69 Å². The number of nitrogens with zero attached hydrogens (tertiary/aromatic N) is 1. The number of ketones is 1. The molecule has 216 valence electrons. The molecule has 0 bridgehead atoms. The lowest BCUT2D eigenvalue weighted by Crippen LogP contribution is -2.33. The van der Waals surface area contributed by atoms with Crippen molar-refractivity contribution in [3.8, 4) is 17.2 Å². The summed E-state index contributed by atoms with van der Waals surface area (Å²) >= 11 is 0. The highest BCUT2D eigenvalue weighted by atomic mass is 16.5. The van der Waals surface area contributed by atoms with E-state index in [0.29, 0.717) is 22.8 Å². The average Bonchev–Trinajstić information content (AvgIpc) is 3.31. The number of hydrogen-bond acceptors (Lipinski definition) is 6. The number of allylic oxidation sites excluding steroid dienone is 1. The van der Waals surface area contributed by atoms with Crippen LogP contribution in [0.25, 0.3) is 16.8 Å². The number of fused-ring (bicyclic) bond motifs is 2. The number of carbonyl (C=O) groups is 2. The third kappa shape index (κ3) is 6.31. The van der Waals surface area contributed by atoms with E-state index in [0.717, 1.165) is 61.0 Å². The van der Waals surface area contributed by atoms with Gasteiger partial charge >= 0.3 is 5.97 Å². The minimum absolute atomic E-state index is 0.0660. The molecule has 1 heterocycles. The van der Waals surface area contributed by atoms with E-state index < -0.39 is 5.97 Å². The maximum atomic E-state index is 12.9. The first-order valence-electron chi connectivity index (χ1n) is 14.1. The molecule has 0 saturated carbocycles. The first-order valence-corrected chi connectivity index (χ1v) is 14.1. The molecule has 2 aliphatic rings. The summed E-state index contributed by atoms with van der Waals surface area (Å²) in [6, 6.07) is 24.5. The fourth-order valence-electron chi connectivity index (χ4n) is 5.72. The van der Waals surface area contributed by atoms with E-state index in [4.69, 9.17) is 14.6 Å². The van der Waals surface area contributed by atoms with Crippen molar-refractivity contribution in [2.24, 2.45) is 5.92 Å². The molecule has 6 rings (SSSR count). The fraction of sp³-hybridized carbons (Fsp3) is 0.257. The number of piperidine rings is 1. The highest BCUT2D eigenvalue weighted by Gasteiger charge is 2.28. The first kappa shape index (κ1) is 28.9. The number of ether oxygens (including phenoxy) is 2. The number of phenols is 1. The number of benzene rings is 4. The Hall–Kier alpha value is -4.62. The summed E-state index contributed by atoms with van der Waals surface area (Å²) in [6.07, 6.45) is 5.17. The Balaban J connectivity index is 0.000000211. The molecule has 1 fully saturated rings. The van der Waals surface area contributed by atoms with Gasteiger partial charge in [-0.25, -0.2) is 4.79 Å². The number of aromatic carboxylic acids is 1. The number of aromatic hydroxyl groups is 1. The molecule has 7 heteroatoms. The summed E-state index contributed by atoms with van der Waals surface area (Å²) in [5.41, 5.74) is 3.90. The van der Waals surface area contributed by atoms with Crippen LogP contribution in [0, 0.1) is 5.92 Å². The first-order chi connectivity index (χ1) is 20.4. The second kappa shape index (κ2) is 12.9. The van der Waals surface area contributed by atoms with E-state index >= 15 is 0 Å². The number of carbonyl (C=O) groups excluding carboxylic acids is 1. The number of carboxylic acid groups (broad SMARTS) is 1. The number of hydrogen-bond donors (Lipinski definition) is 2. The highest BCUT2D eigenvalue weighted by Crippen LogP contribution is 2.38. The van der Waals surface area contributed by atoms with Crippen molar-refractivity contribution in [2.45, 2.75) is 25.8 Å². The zero-order valence-electron chi connectivity index (χ0n) is 23.9. The van der Waals surface area contributed by atoms with Crippen molar-refractivity contribution in [1.29, 1.82) is 0 Å². The van der Waals surface area contributed by atoms with Crippen LogP contribution in [0.4, 0.5) is 0 Å². The summed E-state index contributed by atoms with van der Waals surface area (Å²) < 4.78 is 10.7. The minimum Gasteiger partial charge on any atom is -0.506 e. The van der Waals surface area contributed by atoms with E-state index in [1.807, 2.05) is 30.3 Å². The van der Waals surface area contributed by atoms with Crippen molar-refractivity contribution in [3.05, 3.63) is 107 Å². The van der Waals surface area contributed by atoms with Gasteiger partial charge in [0.05, 0.1) is 14.2 Å². The lowest BCUT2D eigenvalue weighted by molar-refractivity contribution is 0.0693. The van der Waals surface area contributed by atoms with Crippen LogP contribution in [0.15, 0.2) is 84.4 Å². The second-order valence-corrected chi connectivity index (χ2v) is 10.7. The molecule has 42 heavy (non-hydrogen) atoms. The van der Waals surface area contributed by atoms with Crippen LogP contribution in [0.5, 0.6) is 17.2 Å². The lowest BCUT2D eigenvalue weighted by Gasteiger charge is -2.32. The van der Waals surface area contributed by atoms with E-state index in [1.54, 1.807) is 32.4 Å². The van der Waals surface area contributed by atoms with Crippen LogP contribution < -0.4 is 9.47 Å². The van der Waals surface area contributed by atoms with E-state index in [1.165, 1.54) is 11.6 Å². The monoisotopic (exact) mass is 565 g/mol. The van der Waals surface area contributed by atoms with Gasteiger partial charge in [0.2, 0.25) is 0 Å². The topological polar surface area (TPSA) is 96.3 Å². The van der Waals surface area contributed by atoms with Crippen molar-refractivity contribution in [2.75, 3.05) is 27.3 Å². The number of methoxy groups -OCH3 is 2. The van der Waals surface area contributed by atoms with Crippen molar-refractivity contribution < 1.29 is 29.3 Å². The Morgan fingerprint density at radius 1 is 0.905 bits per heavy atom. The van der Waals surface area contributed by atoms with Gasteiger partial charge in [-0.2, -0.15) is 0 Å². The zero-order chi connectivity index (χ0) is 29.6. The van der Waals surface area contributed by atoms with Gasteiger partial charge in [0.15, 0.2) is 17.3 Å². The molecule has 1 aliphatic heterocycles. The fourth-order valence-corrected chi connectivity index (χ4v) is 5.72. The van der Waals surface area contributed by atoms with Gasteiger partial charge in [0.25, 0.3) is 0 Å². The van der Waals surface area contributed by atoms with Gasteiger partial charge in [0.1, 0.15) is 11.3 Å². The molecular formula is C35H35NO6. The van der Waals surface area contributed by atoms with Crippen molar-refractivity contribution in [1.82, 2.24) is 4.90 Å². The molecule has 0 spiro atoms. The highest BCUT2D eigenvalue weighted by molar-refractivity contribution is 6.18. The SMILES string of the molecule is COc1cc2c(cc1OC)C(=O)C(CC1CCN(Cc3ccccc3)CC1)=C2.O=C(O)c1ccc2ccccc2c1O. The van der Waals surface area contributed by atoms with Crippen LogP contribution in [0.1, 0.15) is 51.1 Å². The molecule has 4 aromatic rings. The van der Waals surface area contributed by atoms with Crippen LogP contribution in [-0.4, -0.2) is 54.2 Å². The van der Waals surface area contributed by atoms with Crippen LogP contribution in [0.3, 0.4) is 0 Å². The summed E-state index contributed by atoms with van der Waals surface area (Å²) in [5, 5.41) is 19.8. The van der Waals surface area contributed by atoms with Gasteiger partial charge in [0, 0.05) is 23.1 Å². The standard InChI is InChI=1S/C24H27NO3.C11H8O3/c1-27-22-14-19-13-20(24(26)21(19)15-23(22)28-2)12-17-8-10-25(11-9-17)16-18-6-4-3-5-7-18;12-10-8-4-2-1-3-7(8)5-6-9(10)11(13)14/h3-7,13-15,17H,8-12,16H2,1-2H3;1-6,12H,(H,13,14). The van der Waals surface area contributed by atoms with E-state index in [9.17, 15) is 14.7 Å². The molecule has 0 atom stereocenters. The molecule has 1 aliphatic carbocycles. The molecular weight excluding hydrogens is 530 g/mol. The molecule has 0 amide bonds. The number of carboxylic acids is 1. The Kier molecular flexibility index (Phi) is 8.88. The van der Waals surface area contributed by atoms with Gasteiger partial charge in [-0.15, -0.1) is 0 Å². The quantitative estimate of drug-likeness (QED) is 0.254. The van der Waals surface area contributed by atoms with E-state index in [2.05, 4.69) is 35.2 Å². The Bertz CT molecular complexity index is 1620. The second-order valence-electron chi connectivity index (χ2n) is 10.7. The van der Waals surface area contributed by atoms with Gasteiger partial charge < -0.3 is 19.7 Å². The zero-order valence-corrected chi connectivity index (χ0v) is 23.9. The Labute approximate surface area is 245 Å². The maximum Gasteiger partial charge on any atom is 0.339 e. The normalized spacial score (nSPS) is 15.0. The Morgan fingerprint density at radius 3 is 2.26 bits per heavy atom. The van der Waals surface area contributed by atoms with Crippen molar-refractivity contribution >= 4 is 28.6 Å². The number of likely N-dealkylation sites (tertiary alicyclic amines) is 1. The molecule has 0 radical (unpaired) electrons. The minimum atomic E-state index is -1.12. The average molecular weight is 566 g/mol. The third-order valence-electron chi connectivity index (χ3n) is 8.02. The summed E-state index contributed by atoms with van der Waals surface area (Å²) in [4.78, 5) is 26.1. The van der Waals surface area contributed by atoms with Crippen LogP contribution in [0.2, 0.25) is 0 Å². The Morgan fingerprint density at radius 2 is 1.57 bits per heavy atom. The van der Waals surface area contributed by atoms with Gasteiger partial charge in [-0.1, -0.05) is 60.7 Å².